The summed E-state index contributed by atoms with van der Waals surface area (Å²) in [6, 6.07) is 0. The molecule has 0 aliphatic carbocycles. The molecule has 0 fully saturated rings. The zero-order valence-electron chi connectivity index (χ0n) is 10.7. The SMILES string of the molecule is CCCOP(=O)(OCCC)C1(C)CC=CN1[O-]. The minimum atomic E-state index is -3.42. The van der Waals surface area contributed by atoms with Crippen molar-refractivity contribution in [2.24, 2.45) is 0 Å². The Bertz CT molecular complexity index is 309. The summed E-state index contributed by atoms with van der Waals surface area (Å²) < 4.78 is 23.5. The van der Waals surface area contributed by atoms with Gasteiger partial charge in [-0.1, -0.05) is 19.9 Å². The topological polar surface area (TPSA) is 61.8 Å². The number of rotatable bonds is 7. The van der Waals surface area contributed by atoms with Gasteiger partial charge in [0, 0.05) is 6.42 Å². The van der Waals surface area contributed by atoms with E-state index in [-0.39, 0.29) is 0 Å². The summed E-state index contributed by atoms with van der Waals surface area (Å²) in [4.78, 5) is 0. The molecule has 17 heavy (non-hydrogen) atoms. The van der Waals surface area contributed by atoms with Crippen LogP contribution in [0.2, 0.25) is 0 Å². The maximum Gasteiger partial charge on any atom is 0.355 e. The van der Waals surface area contributed by atoms with E-state index in [0.29, 0.717) is 24.7 Å². The van der Waals surface area contributed by atoms with Gasteiger partial charge in [0.05, 0.1) is 13.2 Å². The molecule has 1 heterocycles. The fraction of sp³-hybridized carbons (Fsp3) is 0.818. The van der Waals surface area contributed by atoms with Crippen molar-refractivity contribution in [3.05, 3.63) is 17.5 Å². The molecule has 1 atom stereocenters. The molecule has 0 amide bonds. The van der Waals surface area contributed by atoms with Crippen molar-refractivity contribution in [3.63, 3.8) is 0 Å². The lowest BCUT2D eigenvalue weighted by atomic mass is 10.3. The molecular formula is C11H21NO4P-. The van der Waals surface area contributed by atoms with Crippen LogP contribution in [-0.2, 0) is 13.6 Å². The smallest absolute Gasteiger partial charge is 0.355 e. The van der Waals surface area contributed by atoms with Crippen molar-refractivity contribution in [2.45, 2.75) is 45.3 Å². The maximum absolute atomic E-state index is 12.7. The van der Waals surface area contributed by atoms with E-state index in [9.17, 15) is 9.77 Å². The molecule has 0 saturated carbocycles. The first kappa shape index (κ1) is 14.7. The predicted molar refractivity (Wildman–Crippen MR) is 67.5 cm³/mol. The first-order valence-corrected chi connectivity index (χ1v) is 7.57. The van der Waals surface area contributed by atoms with Crippen LogP contribution in [0.15, 0.2) is 12.3 Å². The molecule has 0 aromatic heterocycles. The fourth-order valence-electron chi connectivity index (χ4n) is 1.59. The summed E-state index contributed by atoms with van der Waals surface area (Å²) in [5.74, 6) is 0. The van der Waals surface area contributed by atoms with Gasteiger partial charge in [-0.2, -0.15) is 0 Å². The van der Waals surface area contributed by atoms with E-state index < -0.39 is 12.9 Å². The number of hydroxylamine groups is 2. The first-order valence-electron chi connectivity index (χ1n) is 6.02. The van der Waals surface area contributed by atoms with Gasteiger partial charge in [0.25, 0.3) is 0 Å². The van der Waals surface area contributed by atoms with Gasteiger partial charge in [-0.05, 0) is 26.0 Å². The van der Waals surface area contributed by atoms with E-state index in [4.69, 9.17) is 9.05 Å². The van der Waals surface area contributed by atoms with E-state index in [0.717, 1.165) is 12.8 Å². The average molecular weight is 262 g/mol. The Morgan fingerprint density at radius 1 is 1.35 bits per heavy atom. The molecule has 0 spiro atoms. The highest BCUT2D eigenvalue weighted by molar-refractivity contribution is 7.55. The second-order valence-corrected chi connectivity index (χ2v) is 6.77. The Kier molecular flexibility index (Phi) is 5.20. The van der Waals surface area contributed by atoms with Crippen LogP contribution < -0.4 is 0 Å². The summed E-state index contributed by atoms with van der Waals surface area (Å²) in [5.41, 5.74) is 0. The van der Waals surface area contributed by atoms with Gasteiger partial charge < -0.3 is 19.3 Å². The molecule has 0 aromatic rings. The molecule has 0 aromatic carbocycles. The Labute approximate surface area is 103 Å². The van der Waals surface area contributed by atoms with E-state index in [2.05, 4.69) is 0 Å². The second-order valence-electron chi connectivity index (χ2n) is 4.30. The molecule has 0 radical (unpaired) electrons. The van der Waals surface area contributed by atoms with Crippen LogP contribution in [-0.4, -0.2) is 23.6 Å². The summed E-state index contributed by atoms with van der Waals surface area (Å²) in [5, 5.41) is 11.3. The van der Waals surface area contributed by atoms with E-state index >= 15 is 0 Å². The van der Waals surface area contributed by atoms with Crippen molar-refractivity contribution in [2.75, 3.05) is 13.2 Å². The molecule has 1 aliphatic rings. The van der Waals surface area contributed by atoms with Gasteiger partial charge in [0.15, 0.2) is 0 Å². The van der Waals surface area contributed by atoms with Crippen LogP contribution in [0.5, 0.6) is 0 Å². The summed E-state index contributed by atoms with van der Waals surface area (Å²) in [6.45, 7) is 6.16. The summed E-state index contributed by atoms with van der Waals surface area (Å²) in [7, 11) is -3.42. The lowest BCUT2D eigenvalue weighted by molar-refractivity contribution is 0.160. The highest BCUT2D eigenvalue weighted by atomic mass is 31.2. The molecule has 0 bridgehead atoms. The Morgan fingerprint density at radius 2 is 1.88 bits per heavy atom. The van der Waals surface area contributed by atoms with E-state index in [1.807, 2.05) is 13.8 Å². The molecule has 1 rings (SSSR count). The highest BCUT2D eigenvalue weighted by Crippen LogP contribution is 2.64. The minimum absolute atomic E-state index is 0.338. The highest BCUT2D eigenvalue weighted by Gasteiger charge is 2.49. The van der Waals surface area contributed by atoms with Crippen molar-refractivity contribution < 1.29 is 13.6 Å². The van der Waals surface area contributed by atoms with Gasteiger partial charge in [-0.3, -0.25) is 4.57 Å². The third kappa shape index (κ3) is 2.91. The van der Waals surface area contributed by atoms with Crippen LogP contribution in [0.4, 0.5) is 0 Å². The van der Waals surface area contributed by atoms with Gasteiger partial charge in [0.1, 0.15) is 5.28 Å². The normalized spacial score (nSPS) is 24.6. The lowest BCUT2D eigenvalue weighted by Crippen LogP contribution is -2.37. The van der Waals surface area contributed by atoms with Crippen LogP contribution in [0, 0.1) is 5.21 Å². The van der Waals surface area contributed by atoms with Crippen molar-refractivity contribution in [3.8, 4) is 0 Å². The van der Waals surface area contributed by atoms with Crippen LogP contribution in [0.1, 0.15) is 40.0 Å². The summed E-state index contributed by atoms with van der Waals surface area (Å²) >= 11 is 0. The molecule has 100 valence electrons. The van der Waals surface area contributed by atoms with Gasteiger partial charge >= 0.3 is 7.60 Å². The zero-order chi connectivity index (χ0) is 12.9. The fourth-order valence-corrected chi connectivity index (χ4v) is 3.71. The maximum atomic E-state index is 12.7. The van der Waals surface area contributed by atoms with Crippen molar-refractivity contribution in [1.29, 1.82) is 0 Å². The summed E-state index contributed by atoms with van der Waals surface area (Å²) in [6.07, 6.45) is 4.95. The average Bonchev–Trinajstić information content (AvgIpc) is 2.66. The van der Waals surface area contributed by atoms with Crippen LogP contribution >= 0.6 is 7.60 Å². The van der Waals surface area contributed by atoms with E-state index in [1.165, 1.54) is 6.20 Å². The number of hydrogen-bond donors (Lipinski definition) is 0. The number of nitrogens with zero attached hydrogens (tertiary/aromatic N) is 1. The van der Waals surface area contributed by atoms with Gasteiger partial charge in [0.2, 0.25) is 0 Å². The molecular weight excluding hydrogens is 241 g/mol. The minimum Gasteiger partial charge on any atom is -0.758 e. The quantitative estimate of drug-likeness (QED) is 0.657. The van der Waals surface area contributed by atoms with Crippen molar-refractivity contribution >= 4 is 7.60 Å². The monoisotopic (exact) mass is 262 g/mol. The zero-order valence-corrected chi connectivity index (χ0v) is 11.6. The van der Waals surface area contributed by atoms with Gasteiger partial charge in [-0.15, -0.1) is 0 Å². The van der Waals surface area contributed by atoms with Crippen molar-refractivity contribution in [1.82, 2.24) is 5.06 Å². The first-order chi connectivity index (χ1) is 8.00. The third-order valence-electron chi connectivity index (χ3n) is 2.74. The van der Waals surface area contributed by atoms with Gasteiger partial charge in [-0.25, -0.2) is 0 Å². The van der Waals surface area contributed by atoms with E-state index in [1.54, 1.807) is 13.0 Å². The molecule has 1 aliphatic heterocycles. The Morgan fingerprint density at radius 3 is 2.24 bits per heavy atom. The second kappa shape index (κ2) is 6.01. The Hall–Kier alpha value is -0.350. The molecule has 1 unspecified atom stereocenters. The molecule has 6 heteroatoms. The molecule has 5 nitrogen and oxygen atoms in total. The largest absolute Gasteiger partial charge is 0.758 e. The van der Waals surface area contributed by atoms with Crippen LogP contribution in [0.3, 0.4) is 0 Å². The number of hydrogen-bond acceptors (Lipinski definition) is 5. The predicted octanol–water partition coefficient (Wildman–Crippen LogP) is 3.47. The van der Waals surface area contributed by atoms with Crippen LogP contribution in [0.25, 0.3) is 0 Å². The lowest BCUT2D eigenvalue weighted by Gasteiger charge is -2.44. The standard InChI is InChI=1S/C11H21NO4P/c1-4-9-15-17(14,16-10-5-2)11(3)7-6-8-12(11)13/h6,8H,4-5,7,9-10H2,1-3H3/q-1. The molecule has 0 saturated heterocycles. The molecule has 0 N–H and O–H groups in total. The Balaban J connectivity index is 2.85. The third-order valence-corrected chi connectivity index (χ3v) is 5.35.